The van der Waals surface area contributed by atoms with E-state index in [1.54, 1.807) is 6.92 Å². The predicted octanol–water partition coefficient (Wildman–Crippen LogP) is -0.543. The molecule has 0 rings (SSSR count). The minimum absolute atomic E-state index is 0.0473. The second-order valence-corrected chi connectivity index (χ2v) is 2.67. The van der Waals surface area contributed by atoms with Gasteiger partial charge in [-0.05, 0) is 13.8 Å². The first-order chi connectivity index (χ1) is 6.45. The topological polar surface area (TPSA) is 87.0 Å². The van der Waals surface area contributed by atoms with Gasteiger partial charge in [0.05, 0.1) is 19.3 Å². The molecule has 0 saturated carbocycles. The molecule has 5 heteroatoms. The standard InChI is InChI=1S/C6H10O3.C3H8O2/c1-5(2)6(8)9-4-3-7;1-3(5)2-4/h7H,1,3-4H2,2H3;3-5H,2H2,1H3. The second-order valence-electron chi connectivity index (χ2n) is 2.67. The van der Waals surface area contributed by atoms with Crippen molar-refractivity contribution >= 4 is 5.97 Å². The van der Waals surface area contributed by atoms with Crippen molar-refractivity contribution in [1.82, 2.24) is 0 Å². The average molecular weight is 206 g/mol. The highest BCUT2D eigenvalue weighted by molar-refractivity contribution is 5.86. The zero-order valence-electron chi connectivity index (χ0n) is 8.56. The van der Waals surface area contributed by atoms with Gasteiger partial charge in [0.25, 0.3) is 0 Å². The molecule has 14 heavy (non-hydrogen) atoms. The minimum Gasteiger partial charge on any atom is -0.460 e. The quantitative estimate of drug-likeness (QED) is 0.424. The molecule has 0 radical (unpaired) electrons. The highest BCUT2D eigenvalue weighted by Crippen LogP contribution is 1.89. The van der Waals surface area contributed by atoms with E-state index in [-0.39, 0.29) is 19.8 Å². The summed E-state index contributed by atoms with van der Waals surface area (Å²) in [5.74, 6) is -0.455. The van der Waals surface area contributed by atoms with E-state index in [1.165, 1.54) is 6.92 Å². The number of carbonyl (C=O) groups is 1. The number of hydrogen-bond acceptors (Lipinski definition) is 5. The summed E-state index contributed by atoms with van der Waals surface area (Å²) in [6.07, 6.45) is -0.560. The molecule has 0 aliphatic heterocycles. The minimum atomic E-state index is -0.560. The van der Waals surface area contributed by atoms with E-state index in [1.807, 2.05) is 0 Å². The maximum atomic E-state index is 10.5. The van der Waals surface area contributed by atoms with Crippen molar-refractivity contribution in [2.75, 3.05) is 19.8 Å². The third-order valence-corrected chi connectivity index (χ3v) is 0.937. The second kappa shape index (κ2) is 10.2. The summed E-state index contributed by atoms with van der Waals surface area (Å²) in [6, 6.07) is 0. The maximum absolute atomic E-state index is 10.5. The number of aliphatic hydroxyl groups is 3. The summed E-state index contributed by atoms with van der Waals surface area (Å²) < 4.78 is 4.46. The Labute approximate surface area is 83.6 Å². The Morgan fingerprint density at radius 2 is 1.93 bits per heavy atom. The SMILES string of the molecule is C=C(C)C(=O)OCCO.CC(O)CO. The summed E-state index contributed by atoms with van der Waals surface area (Å²) in [4.78, 5) is 10.5. The number of rotatable bonds is 4. The van der Waals surface area contributed by atoms with Crippen LogP contribution in [0.25, 0.3) is 0 Å². The summed E-state index contributed by atoms with van der Waals surface area (Å²) in [5, 5.41) is 24.2. The van der Waals surface area contributed by atoms with E-state index in [9.17, 15) is 4.79 Å². The normalized spacial score (nSPS) is 10.9. The lowest BCUT2D eigenvalue weighted by Crippen LogP contribution is -2.08. The van der Waals surface area contributed by atoms with E-state index < -0.39 is 12.1 Å². The monoisotopic (exact) mass is 206 g/mol. The molecule has 0 amide bonds. The molecular formula is C9H18O5. The molecule has 0 aromatic heterocycles. The third kappa shape index (κ3) is 13.7. The lowest BCUT2D eigenvalue weighted by atomic mass is 10.4. The van der Waals surface area contributed by atoms with Gasteiger partial charge in [-0.2, -0.15) is 0 Å². The van der Waals surface area contributed by atoms with E-state index in [2.05, 4.69) is 11.3 Å². The van der Waals surface area contributed by atoms with Crippen molar-refractivity contribution in [3.63, 3.8) is 0 Å². The van der Waals surface area contributed by atoms with Crippen molar-refractivity contribution < 1.29 is 24.9 Å². The fourth-order valence-electron chi connectivity index (χ4n) is 0.262. The van der Waals surface area contributed by atoms with Gasteiger partial charge in [-0.25, -0.2) is 4.79 Å². The van der Waals surface area contributed by atoms with Crippen LogP contribution in [0.15, 0.2) is 12.2 Å². The van der Waals surface area contributed by atoms with E-state index in [4.69, 9.17) is 15.3 Å². The number of ether oxygens (including phenoxy) is 1. The Morgan fingerprint density at radius 1 is 1.50 bits per heavy atom. The lowest BCUT2D eigenvalue weighted by molar-refractivity contribution is -0.139. The van der Waals surface area contributed by atoms with Gasteiger partial charge in [-0.3, -0.25) is 0 Å². The molecular weight excluding hydrogens is 188 g/mol. The van der Waals surface area contributed by atoms with Crippen LogP contribution in [-0.2, 0) is 9.53 Å². The molecule has 1 atom stereocenters. The molecule has 0 fully saturated rings. The average Bonchev–Trinajstić information content (AvgIpc) is 2.14. The van der Waals surface area contributed by atoms with Crippen LogP contribution in [0.1, 0.15) is 13.8 Å². The molecule has 0 aromatic rings. The van der Waals surface area contributed by atoms with Crippen LogP contribution in [0.5, 0.6) is 0 Å². The predicted molar refractivity (Wildman–Crippen MR) is 51.6 cm³/mol. The molecule has 84 valence electrons. The van der Waals surface area contributed by atoms with Crippen LogP contribution in [0, 0.1) is 0 Å². The Balaban J connectivity index is 0. The van der Waals surface area contributed by atoms with Crippen LogP contribution in [0.3, 0.4) is 0 Å². The molecule has 0 saturated heterocycles. The smallest absolute Gasteiger partial charge is 0.333 e. The maximum Gasteiger partial charge on any atom is 0.333 e. The number of hydrogen-bond donors (Lipinski definition) is 3. The highest BCUT2D eigenvalue weighted by Gasteiger charge is 1.99. The first-order valence-electron chi connectivity index (χ1n) is 4.18. The first-order valence-corrected chi connectivity index (χ1v) is 4.18. The van der Waals surface area contributed by atoms with Crippen LogP contribution in [0.4, 0.5) is 0 Å². The van der Waals surface area contributed by atoms with Crippen LogP contribution in [0.2, 0.25) is 0 Å². The van der Waals surface area contributed by atoms with Gasteiger partial charge in [0.15, 0.2) is 0 Å². The fourth-order valence-corrected chi connectivity index (χ4v) is 0.262. The molecule has 0 spiro atoms. The molecule has 5 nitrogen and oxygen atoms in total. The van der Waals surface area contributed by atoms with Crippen molar-refractivity contribution in [2.45, 2.75) is 20.0 Å². The molecule has 0 aliphatic carbocycles. The van der Waals surface area contributed by atoms with Crippen molar-refractivity contribution in [3.05, 3.63) is 12.2 Å². The Bertz CT molecular complexity index is 165. The summed E-state index contributed by atoms with van der Waals surface area (Å²) in [5.41, 5.74) is 0.350. The molecule has 0 bridgehead atoms. The Morgan fingerprint density at radius 3 is 2.14 bits per heavy atom. The number of esters is 1. The van der Waals surface area contributed by atoms with Crippen LogP contribution in [-0.4, -0.2) is 47.2 Å². The van der Waals surface area contributed by atoms with Gasteiger partial charge in [0, 0.05) is 5.57 Å². The van der Waals surface area contributed by atoms with Gasteiger partial charge < -0.3 is 20.1 Å². The first kappa shape index (κ1) is 15.6. The summed E-state index contributed by atoms with van der Waals surface area (Å²) in [7, 11) is 0. The van der Waals surface area contributed by atoms with E-state index >= 15 is 0 Å². The lowest BCUT2D eigenvalue weighted by Gasteiger charge is -1.99. The largest absolute Gasteiger partial charge is 0.460 e. The molecule has 0 aliphatic rings. The van der Waals surface area contributed by atoms with Gasteiger partial charge in [0.1, 0.15) is 6.61 Å². The van der Waals surface area contributed by atoms with Crippen molar-refractivity contribution in [2.24, 2.45) is 0 Å². The fraction of sp³-hybridized carbons (Fsp3) is 0.667. The highest BCUT2D eigenvalue weighted by atomic mass is 16.5. The number of aliphatic hydroxyl groups excluding tert-OH is 3. The number of carbonyl (C=O) groups excluding carboxylic acids is 1. The Kier molecular flexibility index (Phi) is 11.3. The molecule has 3 N–H and O–H groups in total. The molecule has 0 heterocycles. The van der Waals surface area contributed by atoms with Crippen LogP contribution >= 0.6 is 0 Å². The van der Waals surface area contributed by atoms with Crippen LogP contribution < -0.4 is 0 Å². The van der Waals surface area contributed by atoms with Crippen molar-refractivity contribution in [1.29, 1.82) is 0 Å². The van der Waals surface area contributed by atoms with Gasteiger partial charge in [-0.15, -0.1) is 0 Å². The summed E-state index contributed by atoms with van der Waals surface area (Å²) in [6.45, 7) is 6.20. The van der Waals surface area contributed by atoms with E-state index in [0.717, 1.165) is 0 Å². The molecule has 0 aromatic carbocycles. The van der Waals surface area contributed by atoms with E-state index in [0.29, 0.717) is 5.57 Å². The molecule has 1 unspecified atom stereocenters. The zero-order valence-corrected chi connectivity index (χ0v) is 8.56. The zero-order chi connectivity index (χ0) is 11.6. The van der Waals surface area contributed by atoms with Gasteiger partial charge in [-0.1, -0.05) is 6.58 Å². The van der Waals surface area contributed by atoms with Gasteiger partial charge in [0.2, 0.25) is 0 Å². The third-order valence-electron chi connectivity index (χ3n) is 0.937. The summed E-state index contributed by atoms with van der Waals surface area (Å²) >= 11 is 0. The Hall–Kier alpha value is -0.910. The van der Waals surface area contributed by atoms with Gasteiger partial charge >= 0.3 is 5.97 Å². The van der Waals surface area contributed by atoms with Crippen molar-refractivity contribution in [3.8, 4) is 0 Å².